The van der Waals surface area contributed by atoms with Crippen molar-refractivity contribution in [2.75, 3.05) is 0 Å². The first-order chi connectivity index (χ1) is 26.8. The molecule has 2 aromatic heterocycles. The molecule has 0 amide bonds. The van der Waals surface area contributed by atoms with Crippen LogP contribution >= 0.6 is 0 Å². The molecule has 0 saturated carbocycles. The molecule has 0 unspecified atom stereocenters. The van der Waals surface area contributed by atoms with Gasteiger partial charge in [-0.2, -0.15) is 0 Å². The van der Waals surface area contributed by atoms with Crippen LogP contribution < -0.4 is 0 Å². The smallest absolute Gasteiger partial charge is 0.164 e. The summed E-state index contributed by atoms with van der Waals surface area (Å²) in [4.78, 5) is 15.2. The minimum atomic E-state index is -0.158. The number of hydrogen-bond donors (Lipinski definition) is 0. The van der Waals surface area contributed by atoms with E-state index < -0.39 is 0 Å². The van der Waals surface area contributed by atoms with E-state index in [9.17, 15) is 0 Å². The van der Waals surface area contributed by atoms with Crippen LogP contribution in [-0.2, 0) is 10.8 Å². The van der Waals surface area contributed by atoms with Crippen molar-refractivity contribution in [2.45, 2.75) is 38.5 Å². The Morgan fingerprint density at radius 1 is 0.400 bits per heavy atom. The minimum absolute atomic E-state index is 0.0938. The summed E-state index contributed by atoms with van der Waals surface area (Å²) in [6.45, 7) is 9.65. The van der Waals surface area contributed by atoms with Gasteiger partial charge >= 0.3 is 0 Å². The van der Waals surface area contributed by atoms with E-state index in [1.54, 1.807) is 0 Å². The first-order valence-corrected chi connectivity index (χ1v) is 19.0. The maximum absolute atomic E-state index is 5.11. The number of benzene rings is 7. The quantitative estimate of drug-likeness (QED) is 0.179. The highest BCUT2D eigenvalue weighted by Crippen LogP contribution is 2.56. The van der Waals surface area contributed by atoms with Crippen molar-refractivity contribution in [3.8, 4) is 62.1 Å². The third kappa shape index (κ3) is 5.16. The summed E-state index contributed by atoms with van der Waals surface area (Å²) in [5.74, 6) is 1.93. The number of aromatic nitrogens is 4. The maximum atomic E-state index is 5.11. The third-order valence-corrected chi connectivity index (χ3v) is 12.2. The van der Waals surface area contributed by atoms with E-state index in [4.69, 9.17) is 15.0 Å². The van der Waals surface area contributed by atoms with E-state index in [2.05, 4.69) is 178 Å². The highest BCUT2D eigenvalue weighted by Gasteiger charge is 2.47. The molecular formula is C51H40N4. The van der Waals surface area contributed by atoms with Gasteiger partial charge in [0.25, 0.3) is 0 Å². The van der Waals surface area contributed by atoms with Gasteiger partial charge in [-0.25, -0.2) is 15.0 Å². The Kier molecular flexibility index (Phi) is 7.47. The molecule has 10 rings (SSSR count). The summed E-state index contributed by atoms with van der Waals surface area (Å²) < 4.78 is 2.47. The van der Waals surface area contributed by atoms with Gasteiger partial charge in [0.05, 0.1) is 11.0 Å². The molecule has 1 aliphatic rings. The second-order valence-corrected chi connectivity index (χ2v) is 15.7. The van der Waals surface area contributed by atoms with E-state index >= 15 is 0 Å². The van der Waals surface area contributed by atoms with Gasteiger partial charge in [0.2, 0.25) is 0 Å². The van der Waals surface area contributed by atoms with Gasteiger partial charge in [-0.15, -0.1) is 0 Å². The van der Waals surface area contributed by atoms with Gasteiger partial charge in [-0.1, -0.05) is 161 Å². The summed E-state index contributed by atoms with van der Waals surface area (Å²) in [5.41, 5.74) is 13.8. The van der Waals surface area contributed by atoms with Crippen molar-refractivity contribution in [1.29, 1.82) is 0 Å². The molecule has 55 heavy (non-hydrogen) atoms. The summed E-state index contributed by atoms with van der Waals surface area (Å²) >= 11 is 0. The van der Waals surface area contributed by atoms with E-state index in [1.165, 1.54) is 44.1 Å². The highest BCUT2D eigenvalue weighted by molar-refractivity contribution is 6.12. The Balaban J connectivity index is 1.15. The largest absolute Gasteiger partial charge is 0.309 e. The molecule has 1 aliphatic carbocycles. The molecule has 0 aliphatic heterocycles. The third-order valence-electron chi connectivity index (χ3n) is 12.2. The van der Waals surface area contributed by atoms with Gasteiger partial charge in [-0.3, -0.25) is 0 Å². The van der Waals surface area contributed by atoms with Crippen molar-refractivity contribution in [3.05, 3.63) is 181 Å². The SMILES string of the molecule is CC1(C)c2ccccc2-c2ccc3c4ccccc4n(-c4ccc(-c5nc(-c6ccccc6)nc(-c6cccc(-c7ccccc7)c6)n5)cc4)c3c2C1(C)C. The molecule has 0 bridgehead atoms. The van der Waals surface area contributed by atoms with Crippen LogP contribution in [0.1, 0.15) is 38.8 Å². The molecule has 2 heterocycles. The normalized spacial score (nSPS) is 14.1. The minimum Gasteiger partial charge on any atom is -0.309 e. The fraction of sp³-hybridized carbons (Fsp3) is 0.118. The molecule has 0 spiro atoms. The molecule has 9 aromatic rings. The number of para-hydroxylation sites is 1. The number of fused-ring (bicyclic) bond motifs is 7. The van der Waals surface area contributed by atoms with Gasteiger partial charge in [-0.05, 0) is 75.2 Å². The van der Waals surface area contributed by atoms with Crippen LogP contribution in [0.3, 0.4) is 0 Å². The van der Waals surface area contributed by atoms with Crippen molar-refractivity contribution in [1.82, 2.24) is 19.5 Å². The van der Waals surface area contributed by atoms with Crippen LogP contribution in [0, 0.1) is 0 Å². The molecule has 7 aromatic carbocycles. The topological polar surface area (TPSA) is 43.6 Å². The zero-order valence-corrected chi connectivity index (χ0v) is 31.5. The van der Waals surface area contributed by atoms with Crippen molar-refractivity contribution in [3.63, 3.8) is 0 Å². The maximum Gasteiger partial charge on any atom is 0.164 e. The Labute approximate surface area is 321 Å². The Bertz CT molecular complexity index is 2900. The Morgan fingerprint density at radius 3 is 1.69 bits per heavy atom. The van der Waals surface area contributed by atoms with Crippen LogP contribution in [0.5, 0.6) is 0 Å². The summed E-state index contributed by atoms with van der Waals surface area (Å²) in [6, 6.07) is 60.2. The molecule has 0 atom stereocenters. The lowest BCUT2D eigenvalue weighted by Crippen LogP contribution is -2.43. The van der Waals surface area contributed by atoms with Crippen molar-refractivity contribution >= 4 is 21.8 Å². The van der Waals surface area contributed by atoms with Crippen LogP contribution in [0.2, 0.25) is 0 Å². The standard InChI is InChI=1S/C51H40N4/c1-50(2)43-24-13-11-22-39(43)41-30-31-42-40-23-12-14-25-44(40)55(46(42)45(41)51(50,3)4)38-28-26-35(27-29-38)48-52-47(34-18-9-6-10-19-34)53-49(54-48)37-21-15-20-36(32-37)33-16-7-5-8-17-33/h5-32H,1-4H3. The molecule has 0 N–H and O–H groups in total. The van der Waals surface area contributed by atoms with Crippen LogP contribution in [-0.4, -0.2) is 19.5 Å². The average Bonchev–Trinajstić information content (AvgIpc) is 3.58. The van der Waals surface area contributed by atoms with Crippen LogP contribution in [0.15, 0.2) is 170 Å². The number of rotatable bonds is 5. The Hall–Kier alpha value is -6.65. The van der Waals surface area contributed by atoms with Crippen molar-refractivity contribution < 1.29 is 0 Å². The first kappa shape index (κ1) is 33.0. The summed E-state index contributed by atoms with van der Waals surface area (Å²) in [7, 11) is 0. The fourth-order valence-corrected chi connectivity index (χ4v) is 8.67. The van der Waals surface area contributed by atoms with E-state index in [-0.39, 0.29) is 10.8 Å². The predicted molar refractivity (Wildman–Crippen MR) is 227 cm³/mol. The molecule has 0 fully saturated rings. The lowest BCUT2D eigenvalue weighted by molar-refractivity contribution is 0.301. The van der Waals surface area contributed by atoms with E-state index in [0.29, 0.717) is 17.5 Å². The fourth-order valence-electron chi connectivity index (χ4n) is 8.67. The Morgan fingerprint density at radius 2 is 0.964 bits per heavy atom. The zero-order chi connectivity index (χ0) is 37.3. The van der Waals surface area contributed by atoms with Gasteiger partial charge in [0, 0.05) is 38.6 Å². The molecule has 264 valence electrons. The second-order valence-electron chi connectivity index (χ2n) is 15.7. The van der Waals surface area contributed by atoms with Gasteiger partial charge in [0.15, 0.2) is 17.5 Å². The second kappa shape index (κ2) is 12.5. The number of nitrogens with zero attached hydrogens (tertiary/aromatic N) is 4. The predicted octanol–water partition coefficient (Wildman–Crippen LogP) is 12.9. The van der Waals surface area contributed by atoms with Crippen LogP contribution in [0.25, 0.3) is 83.9 Å². The molecule has 4 heteroatoms. The molecular weight excluding hydrogens is 669 g/mol. The van der Waals surface area contributed by atoms with E-state index in [1.807, 2.05) is 24.3 Å². The van der Waals surface area contributed by atoms with Gasteiger partial charge in [0.1, 0.15) is 0 Å². The van der Waals surface area contributed by atoms with E-state index in [0.717, 1.165) is 33.5 Å². The number of hydrogen-bond acceptors (Lipinski definition) is 3. The first-order valence-electron chi connectivity index (χ1n) is 19.0. The summed E-state index contributed by atoms with van der Waals surface area (Å²) in [5, 5.41) is 2.53. The lowest BCUT2D eigenvalue weighted by atomic mass is 9.55. The summed E-state index contributed by atoms with van der Waals surface area (Å²) in [6.07, 6.45) is 0. The molecule has 0 radical (unpaired) electrons. The lowest BCUT2D eigenvalue weighted by Gasteiger charge is -2.48. The average molecular weight is 709 g/mol. The zero-order valence-electron chi connectivity index (χ0n) is 31.5. The monoisotopic (exact) mass is 708 g/mol. The molecule has 4 nitrogen and oxygen atoms in total. The van der Waals surface area contributed by atoms with Crippen LogP contribution in [0.4, 0.5) is 0 Å². The van der Waals surface area contributed by atoms with Gasteiger partial charge < -0.3 is 4.57 Å². The van der Waals surface area contributed by atoms with Crippen molar-refractivity contribution in [2.24, 2.45) is 0 Å². The highest BCUT2D eigenvalue weighted by atomic mass is 15.0. The molecule has 0 saturated heterocycles.